The average Bonchev–Trinajstić information content (AvgIpc) is 1.61. The minimum Gasteiger partial charge on any atom is -0.221 e. The van der Waals surface area contributed by atoms with Gasteiger partial charge in [-0.1, -0.05) is 12.0 Å². The van der Waals surface area contributed by atoms with E-state index < -0.39 is 0 Å². The van der Waals surface area contributed by atoms with E-state index in [1.807, 2.05) is 6.92 Å². The summed E-state index contributed by atoms with van der Waals surface area (Å²) in [6, 6.07) is 0. The van der Waals surface area contributed by atoms with Crippen LogP contribution in [0.5, 0.6) is 0 Å². The van der Waals surface area contributed by atoms with Crippen LogP contribution in [0, 0.1) is 0 Å². The minimum absolute atomic E-state index is 0.441. The first-order chi connectivity index (χ1) is 2.91. The lowest BCUT2D eigenvalue weighted by Crippen LogP contribution is -1.88. The van der Waals surface area contributed by atoms with Crippen molar-refractivity contribution in [3.63, 3.8) is 0 Å². The lowest BCUT2D eigenvalue weighted by Gasteiger charge is -1.88. The summed E-state index contributed by atoms with van der Waals surface area (Å²) in [4.78, 5) is 4.04. The van der Waals surface area contributed by atoms with Gasteiger partial charge in [-0.15, -0.1) is 0 Å². The van der Waals surface area contributed by atoms with E-state index >= 15 is 0 Å². The zero-order valence-corrected chi connectivity index (χ0v) is 3.68. The van der Waals surface area contributed by atoms with E-state index in [0.29, 0.717) is 6.61 Å². The van der Waals surface area contributed by atoms with Crippen molar-refractivity contribution >= 4 is 0 Å². The zero-order valence-electron chi connectivity index (χ0n) is 3.68. The molecule has 1 N–H and O–H groups in total. The summed E-state index contributed by atoms with van der Waals surface area (Å²) in [6.07, 6.45) is 0.848. The molecule has 0 aliphatic carbocycles. The lowest BCUT2D eigenvalue weighted by atomic mass is 10.5. The maximum Gasteiger partial charge on any atom is 0.0851 e. The summed E-state index contributed by atoms with van der Waals surface area (Å²) >= 11 is 0. The van der Waals surface area contributed by atoms with E-state index in [-0.39, 0.29) is 0 Å². The molecule has 3 nitrogen and oxygen atoms in total. The van der Waals surface area contributed by atoms with Gasteiger partial charge in [-0.05, 0) is 6.42 Å². The number of hydrogen-bond donors (Lipinski definition) is 1. The summed E-state index contributed by atoms with van der Waals surface area (Å²) in [5.74, 6) is 0. The van der Waals surface area contributed by atoms with Crippen LogP contribution in [0.4, 0.5) is 0 Å². The van der Waals surface area contributed by atoms with E-state index in [2.05, 4.69) is 9.93 Å². The normalized spacial score (nSPS) is 9.00. The Morgan fingerprint density at radius 1 is 1.67 bits per heavy atom. The molecule has 0 aliphatic rings. The van der Waals surface area contributed by atoms with Gasteiger partial charge in [-0.2, -0.15) is 0 Å². The highest BCUT2D eigenvalue weighted by molar-refractivity contribution is 4.12. The van der Waals surface area contributed by atoms with Crippen LogP contribution in [0.2, 0.25) is 0 Å². The van der Waals surface area contributed by atoms with Gasteiger partial charge >= 0.3 is 0 Å². The van der Waals surface area contributed by atoms with Gasteiger partial charge in [0.05, 0.1) is 6.61 Å². The van der Waals surface area contributed by atoms with Crippen LogP contribution in [0.25, 0.3) is 0 Å². The molecule has 0 rings (SSSR count). The fraction of sp³-hybridized carbons (Fsp3) is 1.00. The van der Waals surface area contributed by atoms with E-state index in [0.717, 1.165) is 6.42 Å². The Morgan fingerprint density at radius 2 is 2.33 bits per heavy atom. The maximum absolute atomic E-state index is 7.48. The molecule has 0 saturated heterocycles. The highest BCUT2D eigenvalue weighted by Crippen LogP contribution is 1.75. The summed E-state index contributed by atoms with van der Waals surface area (Å²) in [7, 11) is 0. The predicted molar refractivity (Wildman–Crippen MR) is 20.0 cm³/mol. The van der Waals surface area contributed by atoms with Crippen molar-refractivity contribution in [3.8, 4) is 0 Å². The Kier molecular flexibility index (Phi) is 4.78. The second kappa shape index (κ2) is 4.88. The van der Waals surface area contributed by atoms with E-state index in [9.17, 15) is 0 Å². The Labute approximate surface area is 36.3 Å². The third-order valence-corrected chi connectivity index (χ3v) is 0.340. The molecule has 0 saturated carbocycles. The molecule has 0 aromatic heterocycles. The predicted octanol–water partition coefficient (Wildman–Crippen LogP) is 0.818. The molecule has 0 heterocycles. The second-order valence-electron chi connectivity index (χ2n) is 0.897. The van der Waals surface area contributed by atoms with Gasteiger partial charge < -0.3 is 0 Å². The fourth-order valence-electron chi connectivity index (χ4n) is 0.121. The molecular weight excluding hydrogens is 84.0 g/mol. The van der Waals surface area contributed by atoms with Crippen molar-refractivity contribution in [1.29, 1.82) is 0 Å². The van der Waals surface area contributed by atoms with Gasteiger partial charge in [0.2, 0.25) is 0 Å². The van der Waals surface area contributed by atoms with E-state index in [1.54, 1.807) is 0 Å². The first-order valence-corrected chi connectivity index (χ1v) is 1.85. The van der Waals surface area contributed by atoms with Crippen molar-refractivity contribution in [1.82, 2.24) is 0 Å². The van der Waals surface area contributed by atoms with E-state index in [4.69, 9.17) is 5.26 Å². The Morgan fingerprint density at radius 3 is 2.50 bits per heavy atom. The van der Waals surface area contributed by atoms with Crippen LogP contribution < -0.4 is 0 Å². The summed E-state index contributed by atoms with van der Waals surface area (Å²) in [5, 5.41) is 10.8. The van der Waals surface area contributed by atoms with Gasteiger partial charge in [-0.3, -0.25) is 0 Å². The molecule has 0 bridgehead atoms. The molecule has 0 aromatic rings. The molecule has 0 radical (unpaired) electrons. The van der Waals surface area contributed by atoms with Crippen LogP contribution in [0.15, 0.2) is 0 Å². The molecule has 3 heteroatoms. The molecule has 0 aromatic carbocycles. The molecule has 0 spiro atoms. The highest BCUT2D eigenvalue weighted by atomic mass is 17.5. The monoisotopic (exact) mass is 92.0 g/mol. The third-order valence-electron chi connectivity index (χ3n) is 0.340. The number of hydrogen-bond acceptors (Lipinski definition) is 3. The third kappa shape index (κ3) is 3.88. The van der Waals surface area contributed by atoms with Crippen LogP contribution in [-0.4, -0.2) is 11.9 Å². The first kappa shape index (κ1) is 5.88. The standard InChI is InChI=1S/C3H8O3/c1-2-3-5-6-4/h4H,2-3H2,1H3. The molecule has 38 valence electrons. The molecule has 0 amide bonds. The van der Waals surface area contributed by atoms with Crippen LogP contribution in [-0.2, 0) is 9.93 Å². The van der Waals surface area contributed by atoms with Crippen molar-refractivity contribution in [2.45, 2.75) is 13.3 Å². The fourth-order valence-corrected chi connectivity index (χ4v) is 0.121. The topological polar surface area (TPSA) is 38.7 Å². The SMILES string of the molecule is CCCOOO. The van der Waals surface area contributed by atoms with Crippen molar-refractivity contribution in [2.75, 3.05) is 6.61 Å². The van der Waals surface area contributed by atoms with Crippen LogP contribution >= 0.6 is 0 Å². The van der Waals surface area contributed by atoms with Gasteiger partial charge in [0.15, 0.2) is 0 Å². The second-order valence-corrected chi connectivity index (χ2v) is 0.897. The molecule has 0 unspecified atom stereocenters. The van der Waals surface area contributed by atoms with Crippen LogP contribution in [0.3, 0.4) is 0 Å². The largest absolute Gasteiger partial charge is 0.221 e. The van der Waals surface area contributed by atoms with Crippen LogP contribution in [0.1, 0.15) is 13.3 Å². The molecule has 0 atom stereocenters. The molecule has 0 aliphatic heterocycles. The summed E-state index contributed by atoms with van der Waals surface area (Å²) in [6.45, 7) is 2.36. The van der Waals surface area contributed by atoms with Gasteiger partial charge in [0, 0.05) is 0 Å². The lowest BCUT2D eigenvalue weighted by molar-refractivity contribution is -0.490. The Hall–Kier alpha value is -0.120. The highest BCUT2D eigenvalue weighted by Gasteiger charge is 1.75. The quantitative estimate of drug-likeness (QED) is 0.318. The maximum atomic E-state index is 7.48. The summed E-state index contributed by atoms with van der Waals surface area (Å²) in [5.41, 5.74) is 0. The van der Waals surface area contributed by atoms with E-state index in [1.165, 1.54) is 0 Å². The van der Waals surface area contributed by atoms with Gasteiger partial charge in [-0.25, -0.2) is 10.1 Å². The average molecular weight is 92.1 g/mol. The van der Waals surface area contributed by atoms with Gasteiger partial charge in [0.1, 0.15) is 0 Å². The number of rotatable bonds is 3. The molecule has 6 heavy (non-hydrogen) atoms. The minimum atomic E-state index is 0.441. The smallest absolute Gasteiger partial charge is 0.0851 e. The molecular formula is C3H8O3. The zero-order chi connectivity index (χ0) is 4.83. The Bertz CT molecular complexity index is 18.0. The first-order valence-electron chi connectivity index (χ1n) is 1.85. The van der Waals surface area contributed by atoms with Crippen molar-refractivity contribution in [2.24, 2.45) is 0 Å². The summed E-state index contributed by atoms with van der Waals surface area (Å²) < 4.78 is 0. The van der Waals surface area contributed by atoms with Gasteiger partial charge in [0.25, 0.3) is 0 Å². The molecule has 0 fully saturated rings. The van der Waals surface area contributed by atoms with Crippen molar-refractivity contribution < 1.29 is 15.2 Å². The van der Waals surface area contributed by atoms with Crippen molar-refractivity contribution in [3.05, 3.63) is 0 Å². The Balaban J connectivity index is 2.34.